The maximum atomic E-state index is 5.37. The van der Waals surface area contributed by atoms with Gasteiger partial charge in [0.25, 0.3) is 0 Å². The van der Waals surface area contributed by atoms with Crippen LogP contribution in [0.5, 0.6) is 5.75 Å². The molecule has 25 heavy (non-hydrogen) atoms. The molecule has 0 spiro atoms. The highest BCUT2D eigenvalue weighted by Crippen LogP contribution is 2.35. The lowest BCUT2D eigenvalue weighted by molar-refractivity contribution is 0.417. The van der Waals surface area contributed by atoms with Gasteiger partial charge in [-0.25, -0.2) is 4.98 Å². The van der Waals surface area contributed by atoms with E-state index in [0.29, 0.717) is 0 Å². The number of nitrogens with zero attached hydrogens (tertiary/aromatic N) is 2. The van der Waals surface area contributed by atoms with Crippen LogP contribution in [0, 0.1) is 0 Å². The molecule has 3 aromatic heterocycles. The molecule has 4 aromatic rings. The molecule has 0 atom stereocenters. The quantitative estimate of drug-likeness (QED) is 0.494. The minimum atomic E-state index is 0.799. The highest BCUT2D eigenvalue weighted by Gasteiger charge is 2.10. The van der Waals surface area contributed by atoms with Crippen molar-refractivity contribution in [1.29, 1.82) is 0 Å². The van der Waals surface area contributed by atoms with Crippen molar-refractivity contribution in [2.24, 2.45) is 0 Å². The number of anilines is 2. The molecule has 124 valence electrons. The number of para-hydroxylation sites is 2. The first-order chi connectivity index (χ1) is 12.3. The van der Waals surface area contributed by atoms with Gasteiger partial charge in [-0.2, -0.15) is 0 Å². The van der Waals surface area contributed by atoms with E-state index in [1.165, 1.54) is 0 Å². The summed E-state index contributed by atoms with van der Waals surface area (Å²) >= 11 is 3.25. The first kappa shape index (κ1) is 15.8. The van der Waals surface area contributed by atoms with Crippen LogP contribution in [0.3, 0.4) is 0 Å². The van der Waals surface area contributed by atoms with Gasteiger partial charge in [0.2, 0.25) is 0 Å². The molecule has 0 aliphatic rings. The first-order valence-electron chi connectivity index (χ1n) is 7.69. The Bertz CT molecular complexity index is 979. The summed E-state index contributed by atoms with van der Waals surface area (Å²) in [5.41, 5.74) is 3.97. The average molecular weight is 365 g/mol. The molecule has 0 amide bonds. The van der Waals surface area contributed by atoms with Gasteiger partial charge in [0, 0.05) is 22.5 Å². The molecule has 4 nitrogen and oxygen atoms in total. The number of methoxy groups -OCH3 is 1. The molecule has 1 aromatic carbocycles. The van der Waals surface area contributed by atoms with Crippen molar-refractivity contribution in [3.63, 3.8) is 0 Å². The molecule has 0 unspecified atom stereocenters. The summed E-state index contributed by atoms with van der Waals surface area (Å²) < 4.78 is 5.37. The minimum Gasteiger partial charge on any atom is -0.495 e. The second kappa shape index (κ2) is 7.04. The number of hydrogen-bond donors (Lipinski definition) is 1. The van der Waals surface area contributed by atoms with Crippen LogP contribution in [0.2, 0.25) is 0 Å². The summed E-state index contributed by atoms with van der Waals surface area (Å²) in [6.45, 7) is 0. The van der Waals surface area contributed by atoms with Crippen molar-refractivity contribution >= 4 is 33.5 Å². The Labute approximate surface area is 153 Å². The van der Waals surface area contributed by atoms with Gasteiger partial charge in [0.1, 0.15) is 5.75 Å². The number of rotatable bonds is 5. The molecule has 0 bridgehead atoms. The van der Waals surface area contributed by atoms with Gasteiger partial charge in [-0.3, -0.25) is 4.98 Å². The molecule has 4 rings (SSSR count). The third-order valence-corrected chi connectivity index (χ3v) is 5.38. The Morgan fingerprint density at radius 2 is 1.84 bits per heavy atom. The third-order valence-electron chi connectivity index (χ3n) is 3.67. The molecule has 0 fully saturated rings. The van der Waals surface area contributed by atoms with Gasteiger partial charge >= 0.3 is 0 Å². The number of thiophene rings is 1. The summed E-state index contributed by atoms with van der Waals surface area (Å²) in [6, 6.07) is 15.9. The van der Waals surface area contributed by atoms with Crippen molar-refractivity contribution in [1.82, 2.24) is 9.97 Å². The van der Waals surface area contributed by atoms with E-state index in [4.69, 9.17) is 9.72 Å². The van der Waals surface area contributed by atoms with Crippen LogP contribution in [0.15, 0.2) is 65.5 Å². The van der Waals surface area contributed by atoms with E-state index >= 15 is 0 Å². The van der Waals surface area contributed by atoms with Crippen LogP contribution in [0.4, 0.5) is 10.8 Å². The van der Waals surface area contributed by atoms with Crippen LogP contribution < -0.4 is 10.1 Å². The molecule has 0 radical (unpaired) electrons. The number of benzene rings is 1. The second-order valence-corrected chi connectivity index (χ2v) is 7.05. The van der Waals surface area contributed by atoms with Crippen LogP contribution in [-0.4, -0.2) is 17.1 Å². The Balaban J connectivity index is 1.57. The van der Waals surface area contributed by atoms with Crippen molar-refractivity contribution in [2.75, 3.05) is 12.4 Å². The minimum absolute atomic E-state index is 0.799. The molecule has 0 aliphatic carbocycles. The van der Waals surface area contributed by atoms with Crippen LogP contribution in [0.1, 0.15) is 0 Å². The van der Waals surface area contributed by atoms with Crippen molar-refractivity contribution in [3.05, 3.63) is 65.5 Å². The maximum Gasteiger partial charge on any atom is 0.187 e. The van der Waals surface area contributed by atoms with Gasteiger partial charge in [0.05, 0.1) is 29.1 Å². The van der Waals surface area contributed by atoms with E-state index in [0.717, 1.165) is 38.4 Å². The first-order valence-corrected chi connectivity index (χ1v) is 9.45. The van der Waals surface area contributed by atoms with E-state index in [1.54, 1.807) is 29.8 Å². The molecule has 3 heterocycles. The molecule has 0 saturated carbocycles. The predicted molar refractivity (Wildman–Crippen MR) is 105 cm³/mol. The zero-order valence-corrected chi connectivity index (χ0v) is 15.1. The van der Waals surface area contributed by atoms with Crippen LogP contribution in [-0.2, 0) is 0 Å². The normalized spacial score (nSPS) is 10.6. The summed E-state index contributed by atoms with van der Waals surface area (Å²) in [6.07, 6.45) is 1.81. The summed E-state index contributed by atoms with van der Waals surface area (Å²) in [7, 11) is 1.67. The SMILES string of the molecule is COc1ccccc1Nc1nc(-c2cc(-c3ccccn3)cs2)cs1. The largest absolute Gasteiger partial charge is 0.495 e. The fraction of sp³-hybridized carbons (Fsp3) is 0.0526. The smallest absolute Gasteiger partial charge is 0.187 e. The van der Waals surface area contributed by atoms with E-state index < -0.39 is 0 Å². The molecule has 0 aliphatic heterocycles. The standard InChI is InChI=1S/C19H15N3OS2/c1-23-17-8-3-2-7-15(17)21-19-22-16(12-25-19)18-10-13(11-24-18)14-6-4-5-9-20-14/h2-12H,1H3,(H,21,22). The summed E-state index contributed by atoms with van der Waals surface area (Å²) in [5, 5.41) is 8.34. The van der Waals surface area contributed by atoms with E-state index in [1.807, 2.05) is 48.7 Å². The molecule has 1 N–H and O–H groups in total. The number of ether oxygens (including phenoxy) is 1. The van der Waals surface area contributed by atoms with E-state index in [9.17, 15) is 0 Å². The van der Waals surface area contributed by atoms with Gasteiger partial charge in [-0.05, 0) is 30.3 Å². The van der Waals surface area contributed by atoms with E-state index in [2.05, 4.69) is 27.1 Å². The Hall–Kier alpha value is -2.70. The number of thiazole rings is 1. The van der Waals surface area contributed by atoms with E-state index in [-0.39, 0.29) is 0 Å². The maximum absolute atomic E-state index is 5.37. The van der Waals surface area contributed by atoms with Gasteiger partial charge in [-0.1, -0.05) is 18.2 Å². The lowest BCUT2D eigenvalue weighted by atomic mass is 10.2. The zero-order chi connectivity index (χ0) is 17.1. The fourth-order valence-corrected chi connectivity index (χ4v) is 4.11. The Kier molecular flexibility index (Phi) is 4.45. The van der Waals surface area contributed by atoms with Gasteiger partial charge in [-0.15, -0.1) is 22.7 Å². The Morgan fingerprint density at radius 3 is 2.68 bits per heavy atom. The fourth-order valence-electron chi connectivity index (χ4n) is 2.45. The number of nitrogens with one attached hydrogen (secondary N) is 1. The number of aromatic nitrogens is 2. The average Bonchev–Trinajstić information content (AvgIpc) is 3.32. The molecular weight excluding hydrogens is 350 g/mol. The lowest BCUT2D eigenvalue weighted by Gasteiger charge is -2.07. The predicted octanol–water partition coefficient (Wildman–Crippen LogP) is 5.69. The summed E-state index contributed by atoms with van der Waals surface area (Å²) in [4.78, 5) is 10.2. The number of pyridine rings is 1. The molecule has 6 heteroatoms. The lowest BCUT2D eigenvalue weighted by Crippen LogP contribution is -1.93. The third kappa shape index (κ3) is 3.40. The monoisotopic (exact) mass is 365 g/mol. The molecule has 0 saturated heterocycles. The number of hydrogen-bond acceptors (Lipinski definition) is 6. The van der Waals surface area contributed by atoms with Gasteiger partial charge < -0.3 is 10.1 Å². The van der Waals surface area contributed by atoms with Gasteiger partial charge in [0.15, 0.2) is 5.13 Å². The summed E-state index contributed by atoms with van der Waals surface area (Å²) in [5.74, 6) is 0.799. The zero-order valence-electron chi connectivity index (χ0n) is 13.5. The van der Waals surface area contributed by atoms with Crippen LogP contribution >= 0.6 is 22.7 Å². The Morgan fingerprint density at radius 1 is 0.960 bits per heavy atom. The van der Waals surface area contributed by atoms with Crippen molar-refractivity contribution in [3.8, 4) is 27.6 Å². The highest BCUT2D eigenvalue weighted by molar-refractivity contribution is 7.16. The van der Waals surface area contributed by atoms with Crippen molar-refractivity contribution < 1.29 is 4.74 Å². The highest BCUT2D eigenvalue weighted by atomic mass is 32.1. The van der Waals surface area contributed by atoms with Crippen molar-refractivity contribution in [2.45, 2.75) is 0 Å². The molecular formula is C19H15N3OS2. The topological polar surface area (TPSA) is 47.0 Å². The second-order valence-electron chi connectivity index (χ2n) is 5.28. The van der Waals surface area contributed by atoms with Crippen LogP contribution in [0.25, 0.3) is 21.8 Å².